The fourth-order valence-corrected chi connectivity index (χ4v) is 2.77. The second kappa shape index (κ2) is 7.35. The SMILES string of the molecule is C[C@@H]1CN(c2ccc(NC(=O)NCc3ccco3)cn2)C[C@@H](C)O1. The highest BCUT2D eigenvalue weighted by Gasteiger charge is 2.23. The molecule has 7 heteroatoms. The first-order chi connectivity index (χ1) is 11.6. The first kappa shape index (κ1) is 16.3. The largest absolute Gasteiger partial charge is 0.467 e. The monoisotopic (exact) mass is 330 g/mol. The molecular weight excluding hydrogens is 308 g/mol. The predicted octanol–water partition coefficient (Wildman–Crippen LogP) is 2.61. The van der Waals surface area contributed by atoms with E-state index in [2.05, 4.69) is 34.4 Å². The van der Waals surface area contributed by atoms with Crippen LogP contribution >= 0.6 is 0 Å². The number of hydrogen-bond donors (Lipinski definition) is 2. The van der Waals surface area contributed by atoms with Gasteiger partial charge in [0.15, 0.2) is 0 Å². The Balaban J connectivity index is 1.53. The topological polar surface area (TPSA) is 79.6 Å². The van der Waals surface area contributed by atoms with E-state index in [0.717, 1.165) is 18.9 Å². The van der Waals surface area contributed by atoms with E-state index in [0.29, 0.717) is 18.0 Å². The van der Waals surface area contributed by atoms with Crippen LogP contribution in [0.15, 0.2) is 41.1 Å². The Morgan fingerprint density at radius 1 is 1.29 bits per heavy atom. The molecule has 1 saturated heterocycles. The molecule has 1 aliphatic heterocycles. The number of hydrogen-bond acceptors (Lipinski definition) is 5. The van der Waals surface area contributed by atoms with Crippen molar-refractivity contribution < 1.29 is 13.9 Å². The normalized spacial score (nSPS) is 20.7. The predicted molar refractivity (Wildman–Crippen MR) is 91.0 cm³/mol. The lowest BCUT2D eigenvalue weighted by atomic mass is 10.2. The lowest BCUT2D eigenvalue weighted by molar-refractivity contribution is -0.00545. The fraction of sp³-hybridized carbons (Fsp3) is 0.412. The molecule has 0 bridgehead atoms. The first-order valence-corrected chi connectivity index (χ1v) is 8.04. The Morgan fingerprint density at radius 2 is 2.08 bits per heavy atom. The van der Waals surface area contributed by atoms with Gasteiger partial charge in [-0.05, 0) is 38.1 Å². The zero-order chi connectivity index (χ0) is 16.9. The van der Waals surface area contributed by atoms with E-state index in [1.807, 2.05) is 12.1 Å². The number of pyridine rings is 1. The van der Waals surface area contributed by atoms with Crippen molar-refractivity contribution in [1.82, 2.24) is 10.3 Å². The summed E-state index contributed by atoms with van der Waals surface area (Å²) in [5.41, 5.74) is 0.644. The smallest absolute Gasteiger partial charge is 0.319 e. The zero-order valence-electron chi connectivity index (χ0n) is 13.9. The van der Waals surface area contributed by atoms with E-state index in [-0.39, 0.29) is 18.2 Å². The van der Waals surface area contributed by atoms with E-state index in [1.54, 1.807) is 24.6 Å². The number of nitrogens with zero attached hydrogens (tertiary/aromatic N) is 2. The zero-order valence-corrected chi connectivity index (χ0v) is 13.9. The summed E-state index contributed by atoms with van der Waals surface area (Å²) in [4.78, 5) is 18.5. The Morgan fingerprint density at radius 3 is 2.71 bits per heavy atom. The number of nitrogens with one attached hydrogen (secondary N) is 2. The molecule has 128 valence electrons. The number of morpholine rings is 1. The molecule has 2 atom stereocenters. The highest BCUT2D eigenvalue weighted by Crippen LogP contribution is 2.19. The van der Waals surface area contributed by atoms with Crippen LogP contribution in [0.4, 0.5) is 16.3 Å². The molecule has 1 fully saturated rings. The van der Waals surface area contributed by atoms with Gasteiger partial charge in [0.25, 0.3) is 0 Å². The van der Waals surface area contributed by atoms with Crippen molar-refractivity contribution in [2.45, 2.75) is 32.6 Å². The Bertz CT molecular complexity index is 647. The fourth-order valence-electron chi connectivity index (χ4n) is 2.77. The van der Waals surface area contributed by atoms with Gasteiger partial charge in [-0.3, -0.25) is 0 Å². The van der Waals surface area contributed by atoms with Gasteiger partial charge in [0, 0.05) is 13.1 Å². The summed E-state index contributed by atoms with van der Waals surface area (Å²) in [5.74, 6) is 1.59. The van der Waals surface area contributed by atoms with Crippen molar-refractivity contribution in [2.75, 3.05) is 23.3 Å². The molecular formula is C17H22N4O3. The molecule has 0 saturated carbocycles. The second-order valence-electron chi connectivity index (χ2n) is 5.95. The quantitative estimate of drug-likeness (QED) is 0.901. The van der Waals surface area contributed by atoms with Gasteiger partial charge in [-0.2, -0.15) is 0 Å². The maximum Gasteiger partial charge on any atom is 0.319 e. The minimum Gasteiger partial charge on any atom is -0.467 e. The lowest BCUT2D eigenvalue weighted by Gasteiger charge is -2.36. The van der Waals surface area contributed by atoms with E-state index in [1.165, 1.54) is 0 Å². The minimum absolute atomic E-state index is 0.181. The van der Waals surface area contributed by atoms with Crippen LogP contribution in [0.5, 0.6) is 0 Å². The van der Waals surface area contributed by atoms with Crippen molar-refractivity contribution in [2.24, 2.45) is 0 Å². The number of rotatable bonds is 4. The van der Waals surface area contributed by atoms with Gasteiger partial charge in [0.1, 0.15) is 11.6 Å². The molecule has 0 spiro atoms. The summed E-state index contributed by atoms with van der Waals surface area (Å²) < 4.78 is 10.9. The van der Waals surface area contributed by atoms with Crippen molar-refractivity contribution in [3.8, 4) is 0 Å². The van der Waals surface area contributed by atoms with Crippen LogP contribution in [0.2, 0.25) is 0 Å². The molecule has 0 unspecified atom stereocenters. The van der Waals surface area contributed by atoms with E-state index in [9.17, 15) is 4.79 Å². The van der Waals surface area contributed by atoms with Crippen LogP contribution in [0.1, 0.15) is 19.6 Å². The molecule has 3 rings (SSSR count). The molecule has 0 aromatic carbocycles. The molecule has 2 N–H and O–H groups in total. The van der Waals surface area contributed by atoms with Gasteiger partial charge in [-0.15, -0.1) is 0 Å². The molecule has 1 aliphatic rings. The lowest BCUT2D eigenvalue weighted by Crippen LogP contribution is -2.45. The number of anilines is 2. The van der Waals surface area contributed by atoms with Gasteiger partial charge in [-0.25, -0.2) is 9.78 Å². The molecule has 2 aromatic rings. The van der Waals surface area contributed by atoms with E-state index >= 15 is 0 Å². The number of urea groups is 1. The summed E-state index contributed by atoms with van der Waals surface area (Å²) in [7, 11) is 0. The molecule has 7 nitrogen and oxygen atoms in total. The molecule has 24 heavy (non-hydrogen) atoms. The van der Waals surface area contributed by atoms with Gasteiger partial charge in [-0.1, -0.05) is 0 Å². The standard InChI is InChI=1S/C17H22N4O3/c1-12-10-21(11-13(2)24-12)16-6-5-14(8-18-16)20-17(22)19-9-15-4-3-7-23-15/h3-8,12-13H,9-11H2,1-2H3,(H2,19,20,22)/t12-,13-/m1/s1. The van der Waals surface area contributed by atoms with Crippen LogP contribution in [0.25, 0.3) is 0 Å². The second-order valence-corrected chi connectivity index (χ2v) is 5.95. The van der Waals surface area contributed by atoms with Gasteiger partial charge in [0.05, 0.1) is 36.9 Å². The van der Waals surface area contributed by atoms with Crippen molar-refractivity contribution >= 4 is 17.5 Å². The van der Waals surface area contributed by atoms with Gasteiger partial charge in [0.2, 0.25) is 0 Å². The van der Waals surface area contributed by atoms with Gasteiger partial charge < -0.3 is 24.7 Å². The maximum absolute atomic E-state index is 11.9. The Labute approximate surface area is 141 Å². The third-order valence-corrected chi connectivity index (χ3v) is 3.75. The van der Waals surface area contributed by atoms with Gasteiger partial charge >= 0.3 is 6.03 Å². The van der Waals surface area contributed by atoms with E-state index in [4.69, 9.17) is 9.15 Å². The maximum atomic E-state index is 11.9. The molecule has 0 aliphatic carbocycles. The number of aromatic nitrogens is 1. The Kier molecular flexibility index (Phi) is 5.00. The number of amides is 2. The van der Waals surface area contributed by atoms with E-state index < -0.39 is 0 Å². The highest BCUT2D eigenvalue weighted by atomic mass is 16.5. The summed E-state index contributed by atoms with van der Waals surface area (Å²) in [6.07, 6.45) is 3.60. The van der Waals surface area contributed by atoms with Crippen LogP contribution in [0.3, 0.4) is 0 Å². The van der Waals surface area contributed by atoms with Crippen molar-refractivity contribution in [3.63, 3.8) is 0 Å². The Hall–Kier alpha value is -2.54. The summed E-state index contributed by atoms with van der Waals surface area (Å²) in [6, 6.07) is 7.05. The van der Waals surface area contributed by atoms with Crippen LogP contribution in [-0.4, -0.2) is 36.3 Å². The number of carbonyl (C=O) groups excluding carboxylic acids is 1. The van der Waals surface area contributed by atoms with Crippen LogP contribution in [0, 0.1) is 0 Å². The van der Waals surface area contributed by atoms with Crippen LogP contribution in [-0.2, 0) is 11.3 Å². The summed E-state index contributed by atoms with van der Waals surface area (Å²) in [6.45, 7) is 6.08. The van der Waals surface area contributed by atoms with Crippen molar-refractivity contribution in [1.29, 1.82) is 0 Å². The first-order valence-electron chi connectivity index (χ1n) is 8.04. The highest BCUT2D eigenvalue weighted by molar-refractivity contribution is 5.89. The third-order valence-electron chi connectivity index (χ3n) is 3.75. The third kappa shape index (κ3) is 4.26. The van der Waals surface area contributed by atoms with Crippen LogP contribution < -0.4 is 15.5 Å². The van der Waals surface area contributed by atoms with Crippen molar-refractivity contribution in [3.05, 3.63) is 42.5 Å². The average Bonchev–Trinajstić information content (AvgIpc) is 3.06. The summed E-state index contributed by atoms with van der Waals surface area (Å²) in [5, 5.41) is 5.48. The number of furan rings is 1. The molecule has 2 aromatic heterocycles. The average molecular weight is 330 g/mol. The summed E-state index contributed by atoms with van der Waals surface area (Å²) >= 11 is 0. The molecule has 2 amide bonds. The number of carbonyl (C=O) groups is 1. The minimum atomic E-state index is -0.297. The number of ether oxygens (including phenoxy) is 1. The molecule has 0 radical (unpaired) electrons. The molecule has 3 heterocycles.